The number of aryl methyl sites for hydroxylation is 1. The molecule has 0 spiro atoms. The number of carbonyl (C=O) groups is 1. The predicted octanol–water partition coefficient (Wildman–Crippen LogP) is 4.11. The maximum atomic E-state index is 13.0. The van der Waals surface area contributed by atoms with E-state index >= 15 is 0 Å². The average Bonchev–Trinajstić information content (AvgIpc) is 3.16. The molecule has 1 aliphatic rings. The van der Waals surface area contributed by atoms with Crippen molar-refractivity contribution in [2.75, 3.05) is 19.6 Å². The maximum Gasteiger partial charge on any atom is 0.289 e. The summed E-state index contributed by atoms with van der Waals surface area (Å²) in [6.45, 7) is 6.99. The van der Waals surface area contributed by atoms with Gasteiger partial charge in [-0.25, -0.2) is 0 Å². The van der Waals surface area contributed by atoms with Gasteiger partial charge in [0.05, 0.1) is 0 Å². The topological polar surface area (TPSA) is 45.5 Å². The first-order chi connectivity index (χ1) is 12.2. The molecular formula is C21H28N2O2. The minimum Gasteiger partial charge on any atom is -0.451 e. The first kappa shape index (κ1) is 17.7. The summed E-state index contributed by atoms with van der Waals surface area (Å²) in [5.74, 6) is 1.22. The molecule has 2 aromatic rings. The summed E-state index contributed by atoms with van der Waals surface area (Å²) >= 11 is 0. The van der Waals surface area contributed by atoms with Crippen molar-refractivity contribution in [2.24, 2.45) is 0 Å². The molecule has 0 aliphatic carbocycles. The van der Waals surface area contributed by atoms with Gasteiger partial charge in [0.25, 0.3) is 5.91 Å². The Morgan fingerprint density at radius 3 is 2.48 bits per heavy atom. The Balaban J connectivity index is 1.77. The van der Waals surface area contributed by atoms with Crippen LogP contribution >= 0.6 is 0 Å². The van der Waals surface area contributed by atoms with Crippen molar-refractivity contribution in [2.45, 2.75) is 45.6 Å². The molecule has 1 aromatic heterocycles. The minimum absolute atomic E-state index is 0.0187. The van der Waals surface area contributed by atoms with Crippen LogP contribution in [0, 0.1) is 0 Å². The van der Waals surface area contributed by atoms with Gasteiger partial charge >= 0.3 is 0 Å². The van der Waals surface area contributed by atoms with Crippen LogP contribution in [0.5, 0.6) is 0 Å². The SMILES string of the molecule is CCCN(C(=O)c1ccc(-c2ccc(CC)cc2)o1)C1CCNCC1. The van der Waals surface area contributed by atoms with E-state index in [0.717, 1.165) is 56.6 Å². The van der Waals surface area contributed by atoms with Crippen LogP contribution in [0.4, 0.5) is 0 Å². The molecule has 1 fully saturated rings. The highest BCUT2D eigenvalue weighted by Crippen LogP contribution is 2.25. The summed E-state index contributed by atoms with van der Waals surface area (Å²) in [6.07, 6.45) is 4.00. The second-order valence-corrected chi connectivity index (χ2v) is 6.69. The molecule has 1 saturated heterocycles. The number of amides is 1. The lowest BCUT2D eigenvalue weighted by molar-refractivity contribution is 0.0611. The Kier molecular flexibility index (Phi) is 5.92. The van der Waals surface area contributed by atoms with E-state index in [-0.39, 0.29) is 5.91 Å². The van der Waals surface area contributed by atoms with Crippen molar-refractivity contribution < 1.29 is 9.21 Å². The lowest BCUT2D eigenvalue weighted by atomic mass is 10.0. The average molecular weight is 340 g/mol. The lowest BCUT2D eigenvalue weighted by Crippen LogP contribution is -2.46. The van der Waals surface area contributed by atoms with Gasteiger partial charge in [-0.05, 0) is 56.5 Å². The molecule has 1 aliphatic heterocycles. The van der Waals surface area contributed by atoms with Crippen molar-refractivity contribution >= 4 is 5.91 Å². The van der Waals surface area contributed by atoms with Crippen molar-refractivity contribution in [1.82, 2.24) is 10.2 Å². The Labute approximate surface area is 150 Å². The Morgan fingerprint density at radius 2 is 1.84 bits per heavy atom. The molecule has 2 heterocycles. The summed E-state index contributed by atoms with van der Waals surface area (Å²) in [4.78, 5) is 15.0. The first-order valence-corrected chi connectivity index (χ1v) is 9.43. The van der Waals surface area contributed by atoms with Gasteiger partial charge < -0.3 is 14.6 Å². The zero-order chi connectivity index (χ0) is 17.6. The lowest BCUT2D eigenvalue weighted by Gasteiger charge is -2.34. The van der Waals surface area contributed by atoms with E-state index in [4.69, 9.17) is 4.42 Å². The van der Waals surface area contributed by atoms with Crippen LogP contribution in [0.3, 0.4) is 0 Å². The monoisotopic (exact) mass is 340 g/mol. The van der Waals surface area contributed by atoms with E-state index in [1.54, 1.807) is 0 Å². The summed E-state index contributed by atoms with van der Waals surface area (Å²) in [5, 5.41) is 3.36. The van der Waals surface area contributed by atoms with Crippen LogP contribution in [-0.4, -0.2) is 36.5 Å². The minimum atomic E-state index is 0.0187. The van der Waals surface area contributed by atoms with E-state index in [2.05, 4.69) is 43.4 Å². The fourth-order valence-corrected chi connectivity index (χ4v) is 3.46. The third kappa shape index (κ3) is 4.13. The largest absolute Gasteiger partial charge is 0.451 e. The fourth-order valence-electron chi connectivity index (χ4n) is 3.46. The normalized spacial score (nSPS) is 15.3. The number of furan rings is 1. The Morgan fingerprint density at radius 1 is 1.12 bits per heavy atom. The number of benzene rings is 1. The van der Waals surface area contributed by atoms with Crippen molar-refractivity contribution in [3.8, 4) is 11.3 Å². The number of carbonyl (C=O) groups excluding carboxylic acids is 1. The van der Waals surface area contributed by atoms with Gasteiger partial charge in [-0.15, -0.1) is 0 Å². The summed E-state index contributed by atoms with van der Waals surface area (Å²) in [7, 11) is 0. The summed E-state index contributed by atoms with van der Waals surface area (Å²) in [5.41, 5.74) is 2.31. The van der Waals surface area contributed by atoms with Gasteiger partial charge in [0, 0.05) is 18.2 Å². The molecule has 0 bridgehead atoms. The molecule has 4 nitrogen and oxygen atoms in total. The second kappa shape index (κ2) is 8.34. The van der Waals surface area contributed by atoms with Crippen LogP contribution < -0.4 is 5.32 Å². The highest BCUT2D eigenvalue weighted by molar-refractivity contribution is 5.92. The van der Waals surface area contributed by atoms with Crippen LogP contribution in [0.2, 0.25) is 0 Å². The Bertz CT molecular complexity index is 684. The highest BCUT2D eigenvalue weighted by atomic mass is 16.4. The molecule has 3 rings (SSSR count). The molecule has 4 heteroatoms. The van der Waals surface area contributed by atoms with E-state index in [1.165, 1.54) is 5.56 Å². The van der Waals surface area contributed by atoms with Gasteiger partial charge in [0.2, 0.25) is 0 Å². The summed E-state index contributed by atoms with van der Waals surface area (Å²) in [6, 6.07) is 12.4. The van der Waals surface area contributed by atoms with Crippen molar-refractivity contribution in [3.05, 3.63) is 47.7 Å². The fraction of sp³-hybridized carbons (Fsp3) is 0.476. The molecule has 0 unspecified atom stereocenters. The van der Waals surface area contributed by atoms with Gasteiger partial charge in [0.15, 0.2) is 5.76 Å². The molecule has 0 saturated carbocycles. The molecule has 0 radical (unpaired) electrons. The number of piperidine rings is 1. The number of rotatable bonds is 6. The third-order valence-corrected chi connectivity index (χ3v) is 4.94. The number of nitrogens with zero attached hydrogens (tertiary/aromatic N) is 1. The highest BCUT2D eigenvalue weighted by Gasteiger charge is 2.27. The quantitative estimate of drug-likeness (QED) is 0.860. The van der Waals surface area contributed by atoms with Gasteiger partial charge in [0.1, 0.15) is 5.76 Å². The number of hydrogen-bond acceptors (Lipinski definition) is 3. The van der Waals surface area contributed by atoms with E-state index in [9.17, 15) is 4.79 Å². The molecule has 0 atom stereocenters. The Hall–Kier alpha value is -2.07. The zero-order valence-corrected chi connectivity index (χ0v) is 15.3. The van der Waals surface area contributed by atoms with E-state index in [0.29, 0.717) is 11.8 Å². The molecule has 134 valence electrons. The standard InChI is InChI=1S/C21H28N2O2/c1-3-15-23(18-11-13-22-14-12-18)21(24)20-10-9-19(25-20)17-7-5-16(4-2)6-8-17/h5-10,18,22H,3-4,11-15H2,1-2H3. The molecule has 1 aromatic carbocycles. The first-order valence-electron chi connectivity index (χ1n) is 9.43. The smallest absolute Gasteiger partial charge is 0.289 e. The van der Waals surface area contributed by atoms with Gasteiger partial charge in [-0.2, -0.15) is 0 Å². The maximum absolute atomic E-state index is 13.0. The van der Waals surface area contributed by atoms with Crippen molar-refractivity contribution in [3.63, 3.8) is 0 Å². The van der Waals surface area contributed by atoms with E-state index in [1.807, 2.05) is 17.0 Å². The third-order valence-electron chi connectivity index (χ3n) is 4.94. The molecular weight excluding hydrogens is 312 g/mol. The molecule has 1 N–H and O–H groups in total. The number of hydrogen-bond donors (Lipinski definition) is 1. The number of nitrogens with one attached hydrogen (secondary N) is 1. The molecule has 1 amide bonds. The van der Waals surface area contributed by atoms with Crippen molar-refractivity contribution in [1.29, 1.82) is 0 Å². The zero-order valence-electron chi connectivity index (χ0n) is 15.3. The van der Waals surface area contributed by atoms with Gasteiger partial charge in [-0.1, -0.05) is 38.1 Å². The van der Waals surface area contributed by atoms with Crippen LogP contribution in [0.15, 0.2) is 40.8 Å². The van der Waals surface area contributed by atoms with Crippen LogP contribution in [0.1, 0.15) is 49.2 Å². The second-order valence-electron chi connectivity index (χ2n) is 6.69. The summed E-state index contributed by atoms with van der Waals surface area (Å²) < 4.78 is 5.92. The van der Waals surface area contributed by atoms with Gasteiger partial charge in [-0.3, -0.25) is 4.79 Å². The van der Waals surface area contributed by atoms with E-state index < -0.39 is 0 Å². The van der Waals surface area contributed by atoms with Crippen LogP contribution in [0.25, 0.3) is 11.3 Å². The predicted molar refractivity (Wildman–Crippen MR) is 101 cm³/mol. The van der Waals surface area contributed by atoms with Crippen LogP contribution in [-0.2, 0) is 6.42 Å². The molecule has 25 heavy (non-hydrogen) atoms.